The third-order valence-electron chi connectivity index (χ3n) is 6.30. The summed E-state index contributed by atoms with van der Waals surface area (Å²) in [7, 11) is 0. The van der Waals surface area contributed by atoms with Crippen molar-refractivity contribution in [3.63, 3.8) is 0 Å². The van der Waals surface area contributed by atoms with Crippen LogP contribution in [0.4, 0.5) is 0 Å². The zero-order valence-corrected chi connectivity index (χ0v) is 19.3. The van der Waals surface area contributed by atoms with Gasteiger partial charge in [0, 0.05) is 10.9 Å². The molecule has 3 aromatic carbocycles. The molecule has 0 spiro atoms. The van der Waals surface area contributed by atoms with Gasteiger partial charge in [0.05, 0.1) is 11.6 Å². The molecule has 1 unspecified atom stereocenters. The number of carboxylic acids is 1. The van der Waals surface area contributed by atoms with Gasteiger partial charge in [-0.1, -0.05) is 42.5 Å². The maximum Gasteiger partial charge on any atom is 0.322 e. The number of carboxylic acid groups (broad SMARTS) is 1. The van der Waals surface area contributed by atoms with E-state index in [2.05, 4.69) is 5.32 Å². The number of primary amides is 1. The average Bonchev–Trinajstić information content (AvgIpc) is 2.90. The lowest BCUT2D eigenvalue weighted by atomic mass is 9.98. The molecule has 0 saturated heterocycles. The summed E-state index contributed by atoms with van der Waals surface area (Å²) in [4.78, 5) is 48.5. The first kappa shape index (κ1) is 23.6. The van der Waals surface area contributed by atoms with Gasteiger partial charge in [0.2, 0.25) is 5.91 Å². The largest absolute Gasteiger partial charge is 0.506 e. The monoisotopic (exact) mass is 499 g/mol. The summed E-state index contributed by atoms with van der Waals surface area (Å²) in [6, 6.07) is 18.4. The zero-order valence-electron chi connectivity index (χ0n) is 19.3. The van der Waals surface area contributed by atoms with Crippen molar-refractivity contribution in [2.24, 2.45) is 5.73 Å². The third-order valence-corrected chi connectivity index (χ3v) is 6.30. The normalized spacial score (nSPS) is 14.1. The highest BCUT2D eigenvalue weighted by atomic mass is 16.5. The SMILES string of the molecule is NC(=O)c1ccc(-c2ccc(C3COc4cccc5c(O)c(C(=O)NCC(=O)O)c(=O)n3c45)cc2)cc1. The Balaban J connectivity index is 1.59. The van der Waals surface area contributed by atoms with Crippen LogP contribution in [-0.4, -0.2) is 45.7 Å². The van der Waals surface area contributed by atoms with Gasteiger partial charge >= 0.3 is 5.97 Å². The number of pyridine rings is 1. The number of benzene rings is 3. The molecule has 2 amide bonds. The van der Waals surface area contributed by atoms with Gasteiger partial charge in [0.1, 0.15) is 30.2 Å². The van der Waals surface area contributed by atoms with Crippen LogP contribution in [0, 0.1) is 0 Å². The molecule has 0 fully saturated rings. The number of amides is 2. The summed E-state index contributed by atoms with van der Waals surface area (Å²) in [5.41, 5.74) is 7.19. The highest BCUT2D eigenvalue weighted by Gasteiger charge is 2.31. The lowest BCUT2D eigenvalue weighted by molar-refractivity contribution is -0.135. The Morgan fingerprint density at radius 2 is 1.65 bits per heavy atom. The number of hydrogen-bond acceptors (Lipinski definition) is 6. The fourth-order valence-corrected chi connectivity index (χ4v) is 4.50. The minimum absolute atomic E-state index is 0.0969. The number of aliphatic carboxylic acids is 1. The van der Waals surface area contributed by atoms with Crippen LogP contribution in [-0.2, 0) is 4.79 Å². The number of para-hydroxylation sites is 1. The van der Waals surface area contributed by atoms with Crippen molar-refractivity contribution < 1.29 is 29.3 Å². The van der Waals surface area contributed by atoms with Crippen molar-refractivity contribution in [3.8, 4) is 22.6 Å². The van der Waals surface area contributed by atoms with E-state index < -0.39 is 47.2 Å². The Morgan fingerprint density at radius 3 is 2.27 bits per heavy atom. The molecule has 5 rings (SSSR count). The number of nitrogens with one attached hydrogen (secondary N) is 1. The smallest absolute Gasteiger partial charge is 0.322 e. The number of nitrogens with two attached hydrogens (primary N) is 1. The van der Waals surface area contributed by atoms with Gasteiger partial charge in [-0.15, -0.1) is 0 Å². The van der Waals surface area contributed by atoms with Crippen LogP contribution in [0.5, 0.6) is 11.5 Å². The molecule has 2 heterocycles. The predicted octanol–water partition coefficient (Wildman–Crippen LogP) is 2.27. The van der Waals surface area contributed by atoms with Crippen LogP contribution in [0.3, 0.4) is 0 Å². The second kappa shape index (κ2) is 9.15. The lowest BCUT2D eigenvalue weighted by Crippen LogP contribution is -2.39. The van der Waals surface area contributed by atoms with E-state index in [1.165, 1.54) is 4.57 Å². The molecule has 0 saturated carbocycles. The number of ether oxygens (including phenoxy) is 1. The molecular formula is C27H21N3O7. The van der Waals surface area contributed by atoms with E-state index in [9.17, 15) is 24.3 Å². The fourth-order valence-electron chi connectivity index (χ4n) is 4.50. The highest BCUT2D eigenvalue weighted by Crippen LogP contribution is 2.38. The van der Waals surface area contributed by atoms with Gasteiger partial charge in [0.15, 0.2) is 0 Å². The van der Waals surface area contributed by atoms with E-state index in [0.717, 1.165) is 16.7 Å². The Bertz CT molecular complexity index is 1620. The first-order valence-electron chi connectivity index (χ1n) is 11.3. The van der Waals surface area contributed by atoms with Crippen molar-refractivity contribution in [2.75, 3.05) is 13.2 Å². The number of rotatable bonds is 6. The summed E-state index contributed by atoms with van der Waals surface area (Å²) >= 11 is 0. The number of carbonyl (C=O) groups is 3. The average molecular weight is 499 g/mol. The summed E-state index contributed by atoms with van der Waals surface area (Å²) in [6.07, 6.45) is 0. The quantitative estimate of drug-likeness (QED) is 0.316. The maximum atomic E-state index is 13.6. The second-order valence-corrected chi connectivity index (χ2v) is 8.52. The standard InChI is InChI=1S/C27H21N3O7/c28-25(34)17-10-6-15(7-11-17)14-4-8-16(9-5-14)19-13-37-20-3-1-2-18-23(20)30(19)27(36)22(24(18)33)26(35)29-12-21(31)32/h1-11,19,33H,12-13H2,(H2,28,34)(H,29,35)(H,31,32). The molecule has 1 atom stereocenters. The molecule has 0 bridgehead atoms. The third kappa shape index (κ3) is 4.14. The molecule has 1 aliphatic heterocycles. The number of nitrogens with zero attached hydrogens (tertiary/aromatic N) is 1. The zero-order chi connectivity index (χ0) is 26.3. The first-order valence-corrected chi connectivity index (χ1v) is 11.3. The molecule has 37 heavy (non-hydrogen) atoms. The Labute approximate surface area is 209 Å². The van der Waals surface area contributed by atoms with Gasteiger partial charge in [-0.2, -0.15) is 0 Å². The van der Waals surface area contributed by atoms with E-state index in [1.54, 1.807) is 42.5 Å². The summed E-state index contributed by atoms with van der Waals surface area (Å²) in [5, 5.41) is 22.1. The lowest BCUT2D eigenvalue weighted by Gasteiger charge is -2.29. The van der Waals surface area contributed by atoms with E-state index in [1.807, 2.05) is 24.3 Å². The summed E-state index contributed by atoms with van der Waals surface area (Å²) in [5.74, 6) is -2.94. The van der Waals surface area contributed by atoms with Crippen LogP contribution in [0.2, 0.25) is 0 Å². The molecule has 1 aliphatic rings. The molecule has 4 aromatic rings. The Hall–Kier alpha value is -5.12. The van der Waals surface area contributed by atoms with Gasteiger partial charge in [-0.05, 0) is 41.0 Å². The molecule has 0 radical (unpaired) electrons. The van der Waals surface area contributed by atoms with E-state index in [0.29, 0.717) is 16.8 Å². The topological polar surface area (TPSA) is 161 Å². The van der Waals surface area contributed by atoms with Crippen molar-refractivity contribution in [2.45, 2.75) is 6.04 Å². The van der Waals surface area contributed by atoms with Crippen LogP contribution in [0.25, 0.3) is 22.0 Å². The Morgan fingerprint density at radius 1 is 1.00 bits per heavy atom. The van der Waals surface area contributed by atoms with E-state index in [4.69, 9.17) is 15.6 Å². The van der Waals surface area contributed by atoms with Gasteiger partial charge in [-0.3, -0.25) is 23.7 Å². The van der Waals surface area contributed by atoms with Crippen LogP contribution >= 0.6 is 0 Å². The number of carbonyl (C=O) groups excluding carboxylic acids is 2. The number of aromatic hydroxyl groups is 1. The molecule has 10 nitrogen and oxygen atoms in total. The maximum absolute atomic E-state index is 13.6. The van der Waals surface area contributed by atoms with Crippen molar-refractivity contribution in [1.29, 1.82) is 0 Å². The molecule has 10 heteroatoms. The summed E-state index contributed by atoms with van der Waals surface area (Å²) < 4.78 is 7.31. The first-order chi connectivity index (χ1) is 17.8. The fraction of sp³-hybridized carbons (Fsp3) is 0.111. The van der Waals surface area contributed by atoms with E-state index in [-0.39, 0.29) is 12.0 Å². The van der Waals surface area contributed by atoms with Crippen molar-refractivity contribution in [1.82, 2.24) is 9.88 Å². The Kier molecular flexibility index (Phi) is 5.84. The summed E-state index contributed by atoms with van der Waals surface area (Å²) in [6.45, 7) is -0.607. The number of hydrogen-bond donors (Lipinski definition) is 4. The van der Waals surface area contributed by atoms with Crippen LogP contribution in [0.1, 0.15) is 32.3 Å². The van der Waals surface area contributed by atoms with Crippen molar-refractivity contribution >= 4 is 28.7 Å². The van der Waals surface area contributed by atoms with Gasteiger partial charge in [-0.25, -0.2) is 0 Å². The molecule has 186 valence electrons. The highest BCUT2D eigenvalue weighted by molar-refractivity contribution is 6.04. The minimum atomic E-state index is -1.28. The molecular weight excluding hydrogens is 478 g/mol. The van der Waals surface area contributed by atoms with Crippen molar-refractivity contribution in [3.05, 3.63) is 93.8 Å². The molecule has 5 N–H and O–H groups in total. The predicted molar refractivity (Wildman–Crippen MR) is 134 cm³/mol. The second-order valence-electron chi connectivity index (χ2n) is 8.52. The van der Waals surface area contributed by atoms with Crippen LogP contribution < -0.4 is 21.3 Å². The van der Waals surface area contributed by atoms with Crippen LogP contribution in [0.15, 0.2) is 71.5 Å². The van der Waals surface area contributed by atoms with E-state index >= 15 is 0 Å². The number of aromatic nitrogens is 1. The minimum Gasteiger partial charge on any atom is -0.506 e. The molecule has 1 aromatic heterocycles. The van der Waals surface area contributed by atoms with Gasteiger partial charge in [0.25, 0.3) is 11.5 Å². The molecule has 0 aliphatic carbocycles. The van der Waals surface area contributed by atoms with Gasteiger partial charge < -0.3 is 26.0 Å².